The lowest BCUT2D eigenvalue weighted by molar-refractivity contribution is -0.141. The standard InChI is InChI=1S/C28H34N4O3/c1-17(2)24(31-26(33)18(3)29-4)28(35)32-16-20-11-6-8-14-22(20)25(32)27(34)30-23-15-9-12-19-10-5-7-13-21(19)23/h5,7-10,12-15,17-18,24-25,29H,6,11,16H2,1-4H3,(H,30,34)(H,31,33). The van der Waals surface area contributed by atoms with Gasteiger partial charge < -0.3 is 20.9 Å². The first-order valence-corrected chi connectivity index (χ1v) is 12.3. The topological polar surface area (TPSA) is 90.5 Å². The van der Waals surface area contributed by atoms with Crippen LogP contribution in [0.3, 0.4) is 0 Å². The van der Waals surface area contributed by atoms with Gasteiger partial charge in [0.05, 0.1) is 6.04 Å². The average Bonchev–Trinajstić information content (AvgIpc) is 3.26. The second kappa shape index (κ2) is 10.4. The molecule has 7 nitrogen and oxygen atoms in total. The van der Waals surface area contributed by atoms with Crippen LogP contribution in [0.4, 0.5) is 5.69 Å². The summed E-state index contributed by atoms with van der Waals surface area (Å²) in [7, 11) is 1.70. The Labute approximate surface area is 206 Å². The Kier molecular flexibility index (Phi) is 7.36. The summed E-state index contributed by atoms with van der Waals surface area (Å²) >= 11 is 0. The SMILES string of the molecule is CNC(C)C(=O)NC(C(=O)N1CC2=C(C=CCC2)C1C(=O)Nc1cccc2ccccc12)C(C)C. The molecule has 0 saturated carbocycles. The lowest BCUT2D eigenvalue weighted by Gasteiger charge is -2.32. The number of nitrogens with one attached hydrogen (secondary N) is 3. The van der Waals surface area contributed by atoms with Crippen LogP contribution in [0.25, 0.3) is 10.8 Å². The van der Waals surface area contributed by atoms with E-state index in [2.05, 4.69) is 22.0 Å². The molecule has 0 bridgehead atoms. The summed E-state index contributed by atoms with van der Waals surface area (Å²) in [6.07, 6.45) is 5.75. The molecule has 3 amide bonds. The van der Waals surface area contributed by atoms with Crippen LogP contribution in [0.1, 0.15) is 33.6 Å². The van der Waals surface area contributed by atoms with Crippen molar-refractivity contribution in [2.75, 3.05) is 18.9 Å². The summed E-state index contributed by atoms with van der Waals surface area (Å²) in [6, 6.07) is 11.8. The van der Waals surface area contributed by atoms with Gasteiger partial charge in [-0.1, -0.05) is 62.4 Å². The van der Waals surface area contributed by atoms with Gasteiger partial charge in [0.1, 0.15) is 12.1 Å². The van der Waals surface area contributed by atoms with Gasteiger partial charge in [-0.3, -0.25) is 14.4 Å². The van der Waals surface area contributed by atoms with E-state index < -0.39 is 18.1 Å². The monoisotopic (exact) mass is 474 g/mol. The van der Waals surface area contributed by atoms with Crippen LogP contribution >= 0.6 is 0 Å². The minimum Gasteiger partial charge on any atom is -0.343 e. The molecule has 3 N–H and O–H groups in total. The largest absolute Gasteiger partial charge is 0.343 e. The number of benzene rings is 2. The number of likely N-dealkylation sites (N-methyl/N-ethyl adjacent to an activating group) is 1. The average molecular weight is 475 g/mol. The number of hydrogen-bond donors (Lipinski definition) is 3. The minimum absolute atomic E-state index is 0.134. The Hall–Kier alpha value is -3.45. The van der Waals surface area contributed by atoms with E-state index in [9.17, 15) is 14.4 Å². The molecule has 1 aliphatic heterocycles. The zero-order valence-corrected chi connectivity index (χ0v) is 20.8. The lowest BCUT2D eigenvalue weighted by Crippen LogP contribution is -2.57. The summed E-state index contributed by atoms with van der Waals surface area (Å²) < 4.78 is 0. The quantitative estimate of drug-likeness (QED) is 0.574. The number of amides is 3. The van der Waals surface area contributed by atoms with Crippen molar-refractivity contribution in [1.29, 1.82) is 0 Å². The Balaban J connectivity index is 1.64. The number of carbonyl (C=O) groups excluding carboxylic acids is 3. The van der Waals surface area contributed by atoms with Gasteiger partial charge in [0.25, 0.3) is 5.91 Å². The second-order valence-electron chi connectivity index (χ2n) is 9.63. The van der Waals surface area contributed by atoms with Crippen LogP contribution in [0, 0.1) is 5.92 Å². The first kappa shape index (κ1) is 24.7. The van der Waals surface area contributed by atoms with Crippen LogP contribution < -0.4 is 16.0 Å². The van der Waals surface area contributed by atoms with Gasteiger partial charge in [-0.05, 0) is 55.3 Å². The zero-order valence-electron chi connectivity index (χ0n) is 20.8. The molecule has 0 spiro atoms. The van der Waals surface area contributed by atoms with E-state index in [-0.39, 0.29) is 23.6 Å². The summed E-state index contributed by atoms with van der Waals surface area (Å²) in [6.45, 7) is 5.95. The van der Waals surface area contributed by atoms with Crippen LogP contribution in [0.2, 0.25) is 0 Å². The van der Waals surface area contributed by atoms with Crippen molar-refractivity contribution in [2.24, 2.45) is 5.92 Å². The molecular formula is C28H34N4O3. The van der Waals surface area contributed by atoms with Crippen molar-refractivity contribution in [3.05, 3.63) is 65.8 Å². The van der Waals surface area contributed by atoms with Gasteiger partial charge >= 0.3 is 0 Å². The minimum atomic E-state index is -0.743. The fraction of sp³-hybridized carbons (Fsp3) is 0.393. The van der Waals surface area contributed by atoms with Crippen molar-refractivity contribution < 1.29 is 14.4 Å². The number of allylic oxidation sites excluding steroid dienone is 1. The third-order valence-electron chi connectivity index (χ3n) is 6.92. The van der Waals surface area contributed by atoms with Crippen molar-refractivity contribution in [2.45, 2.75) is 51.7 Å². The van der Waals surface area contributed by atoms with Crippen LogP contribution in [0.5, 0.6) is 0 Å². The molecule has 4 rings (SSSR count). The Morgan fingerprint density at radius 2 is 1.77 bits per heavy atom. The molecule has 3 unspecified atom stereocenters. The highest BCUT2D eigenvalue weighted by molar-refractivity contribution is 6.07. The number of anilines is 1. The molecule has 7 heteroatoms. The summed E-state index contributed by atoms with van der Waals surface area (Å²) in [5.41, 5.74) is 2.71. The molecule has 1 aliphatic carbocycles. The van der Waals surface area contributed by atoms with Gasteiger partial charge in [-0.25, -0.2) is 0 Å². The van der Waals surface area contributed by atoms with E-state index in [1.54, 1.807) is 18.9 Å². The number of nitrogens with zero attached hydrogens (tertiary/aromatic N) is 1. The molecule has 35 heavy (non-hydrogen) atoms. The molecule has 2 aromatic rings. The zero-order chi connectivity index (χ0) is 25.1. The number of carbonyl (C=O) groups is 3. The van der Waals surface area contributed by atoms with Crippen LogP contribution in [-0.4, -0.2) is 54.3 Å². The number of hydrogen-bond acceptors (Lipinski definition) is 4. The Morgan fingerprint density at radius 1 is 1.03 bits per heavy atom. The molecule has 0 aromatic heterocycles. The predicted molar refractivity (Wildman–Crippen MR) is 139 cm³/mol. The molecule has 2 aromatic carbocycles. The summed E-state index contributed by atoms with van der Waals surface area (Å²) in [5.74, 6) is -0.861. The Morgan fingerprint density at radius 3 is 2.51 bits per heavy atom. The van der Waals surface area contributed by atoms with Gasteiger partial charge in [0.15, 0.2) is 0 Å². The highest BCUT2D eigenvalue weighted by Gasteiger charge is 2.43. The van der Waals surface area contributed by atoms with E-state index in [0.717, 1.165) is 34.8 Å². The van der Waals surface area contributed by atoms with Crippen molar-refractivity contribution in [3.63, 3.8) is 0 Å². The molecular weight excluding hydrogens is 440 g/mol. The van der Waals surface area contributed by atoms with E-state index in [0.29, 0.717) is 12.2 Å². The third kappa shape index (κ3) is 5.00. The Bertz CT molecular complexity index is 1190. The van der Waals surface area contributed by atoms with Crippen LogP contribution in [-0.2, 0) is 14.4 Å². The van der Waals surface area contributed by atoms with Crippen molar-refractivity contribution in [1.82, 2.24) is 15.5 Å². The third-order valence-corrected chi connectivity index (χ3v) is 6.92. The maximum atomic E-state index is 13.8. The van der Waals surface area contributed by atoms with E-state index in [4.69, 9.17) is 0 Å². The molecule has 2 aliphatic rings. The fourth-order valence-corrected chi connectivity index (χ4v) is 4.77. The lowest BCUT2D eigenvalue weighted by atomic mass is 9.95. The van der Waals surface area contributed by atoms with Crippen LogP contribution in [0.15, 0.2) is 65.8 Å². The highest BCUT2D eigenvalue weighted by Crippen LogP contribution is 2.34. The molecule has 1 heterocycles. The summed E-state index contributed by atoms with van der Waals surface area (Å²) in [4.78, 5) is 41.8. The fourth-order valence-electron chi connectivity index (χ4n) is 4.77. The van der Waals surface area contributed by atoms with E-state index >= 15 is 0 Å². The van der Waals surface area contributed by atoms with Gasteiger partial charge in [-0.2, -0.15) is 0 Å². The first-order valence-electron chi connectivity index (χ1n) is 12.3. The molecule has 184 valence electrons. The number of fused-ring (bicyclic) bond motifs is 1. The number of rotatable bonds is 7. The van der Waals surface area contributed by atoms with Gasteiger partial charge in [0, 0.05) is 17.6 Å². The second-order valence-corrected chi connectivity index (χ2v) is 9.63. The maximum Gasteiger partial charge on any atom is 0.251 e. The highest BCUT2D eigenvalue weighted by atomic mass is 16.2. The summed E-state index contributed by atoms with van der Waals surface area (Å²) in [5, 5.41) is 10.9. The smallest absolute Gasteiger partial charge is 0.251 e. The van der Waals surface area contributed by atoms with E-state index in [1.807, 2.05) is 62.4 Å². The molecule has 0 saturated heterocycles. The van der Waals surface area contributed by atoms with Gasteiger partial charge in [-0.15, -0.1) is 0 Å². The predicted octanol–water partition coefficient (Wildman–Crippen LogP) is 3.38. The maximum absolute atomic E-state index is 13.8. The molecule has 0 fully saturated rings. The first-order chi connectivity index (χ1) is 16.8. The van der Waals surface area contributed by atoms with Crippen molar-refractivity contribution in [3.8, 4) is 0 Å². The van der Waals surface area contributed by atoms with Gasteiger partial charge in [0.2, 0.25) is 11.8 Å². The normalized spacial score (nSPS) is 19.0. The molecule has 3 atom stereocenters. The van der Waals surface area contributed by atoms with Crippen molar-refractivity contribution >= 4 is 34.2 Å². The van der Waals surface area contributed by atoms with E-state index in [1.165, 1.54) is 0 Å². The molecule has 0 radical (unpaired) electrons.